The van der Waals surface area contributed by atoms with Gasteiger partial charge in [-0.05, 0) is 71.4 Å². The Hall–Kier alpha value is -2.75. The summed E-state index contributed by atoms with van der Waals surface area (Å²) >= 11 is 1.49. The molecule has 1 saturated heterocycles. The predicted octanol–water partition coefficient (Wildman–Crippen LogP) is 3.62. The first kappa shape index (κ1) is 29.8. The molecule has 0 aromatic heterocycles. The number of rotatable bonds is 8. The summed E-state index contributed by atoms with van der Waals surface area (Å²) in [6.45, 7) is 9.55. The molecule has 2 N–H and O–H groups in total. The number of thioether (sulfide) groups is 1. The Labute approximate surface area is 230 Å². The largest absolute Gasteiger partial charge is 0.444 e. The van der Waals surface area contributed by atoms with Gasteiger partial charge < -0.3 is 20.3 Å². The van der Waals surface area contributed by atoms with Crippen molar-refractivity contribution in [2.75, 3.05) is 25.9 Å². The van der Waals surface area contributed by atoms with E-state index in [0.717, 1.165) is 19.3 Å². The quantitative estimate of drug-likeness (QED) is 0.482. The highest BCUT2D eigenvalue weighted by molar-refractivity contribution is 8.01. The summed E-state index contributed by atoms with van der Waals surface area (Å²) < 4.78 is 5.31. The van der Waals surface area contributed by atoms with Crippen molar-refractivity contribution >= 4 is 35.6 Å². The van der Waals surface area contributed by atoms with Crippen LogP contribution >= 0.6 is 11.8 Å². The normalized spacial score (nSPS) is 21.7. The fraction of sp³-hybridized carbons (Fsp3) is 0.643. The molecule has 0 radical (unpaired) electrons. The maximum atomic E-state index is 13.4. The van der Waals surface area contributed by atoms with Crippen LogP contribution in [0.1, 0.15) is 77.5 Å². The van der Waals surface area contributed by atoms with E-state index < -0.39 is 22.6 Å². The van der Waals surface area contributed by atoms with Gasteiger partial charge in [-0.15, -0.1) is 11.8 Å². The Kier molecular flexibility index (Phi) is 9.73. The van der Waals surface area contributed by atoms with Crippen molar-refractivity contribution in [1.82, 2.24) is 20.4 Å². The minimum Gasteiger partial charge on any atom is -0.444 e. The van der Waals surface area contributed by atoms with Gasteiger partial charge in [0.2, 0.25) is 11.8 Å². The predicted molar refractivity (Wildman–Crippen MR) is 149 cm³/mol. The third-order valence-electron chi connectivity index (χ3n) is 7.12. The van der Waals surface area contributed by atoms with Gasteiger partial charge in [0.1, 0.15) is 11.6 Å². The summed E-state index contributed by atoms with van der Waals surface area (Å²) in [7, 11) is 1.52. The lowest BCUT2D eigenvalue weighted by Gasteiger charge is -2.35. The van der Waals surface area contributed by atoms with E-state index in [1.807, 2.05) is 19.1 Å². The molecule has 3 rings (SSSR count). The fourth-order valence-electron chi connectivity index (χ4n) is 4.78. The zero-order chi connectivity index (χ0) is 28.1. The number of aryl methyl sites for hydroxylation is 1. The van der Waals surface area contributed by atoms with Crippen molar-refractivity contribution < 1.29 is 23.9 Å². The van der Waals surface area contributed by atoms with Crippen LogP contribution in [0, 0.1) is 0 Å². The van der Waals surface area contributed by atoms with Gasteiger partial charge in [0, 0.05) is 32.3 Å². The topological polar surface area (TPSA) is 108 Å². The Bertz CT molecular complexity index is 1040. The highest BCUT2D eigenvalue weighted by Crippen LogP contribution is 2.38. The van der Waals surface area contributed by atoms with Crippen molar-refractivity contribution in [3.8, 4) is 0 Å². The number of ether oxygens (including phenoxy) is 1. The first-order valence-corrected chi connectivity index (χ1v) is 14.4. The average Bonchev–Trinajstić information content (AvgIpc) is 3.27. The molecule has 10 heteroatoms. The molecule has 2 aliphatic rings. The number of likely N-dealkylation sites (N-methyl/N-ethyl adjacent to an activating group) is 1. The van der Waals surface area contributed by atoms with Gasteiger partial charge in [-0.25, -0.2) is 4.79 Å². The van der Waals surface area contributed by atoms with Crippen molar-refractivity contribution in [3.05, 3.63) is 35.4 Å². The molecule has 0 spiro atoms. The van der Waals surface area contributed by atoms with E-state index in [2.05, 4.69) is 22.8 Å². The van der Waals surface area contributed by atoms with E-state index in [0.29, 0.717) is 25.3 Å². The summed E-state index contributed by atoms with van der Waals surface area (Å²) in [6, 6.07) is 7.46. The summed E-state index contributed by atoms with van der Waals surface area (Å²) in [6.07, 6.45) is 3.00. The second-order valence-electron chi connectivity index (χ2n) is 11.2. The van der Waals surface area contributed by atoms with Crippen LogP contribution in [0.5, 0.6) is 0 Å². The summed E-state index contributed by atoms with van der Waals surface area (Å²) in [5, 5.41) is 6.01. The maximum Gasteiger partial charge on any atom is 0.410 e. The lowest BCUT2D eigenvalue weighted by molar-refractivity contribution is -0.141. The van der Waals surface area contributed by atoms with Crippen LogP contribution in [0.15, 0.2) is 24.3 Å². The minimum atomic E-state index is -0.961. The molecule has 1 aromatic carbocycles. The molecule has 1 heterocycles. The number of fused-ring (bicyclic) bond motifs is 1. The van der Waals surface area contributed by atoms with Gasteiger partial charge in [-0.3, -0.25) is 19.3 Å². The minimum absolute atomic E-state index is 0.0431. The molecule has 38 heavy (non-hydrogen) atoms. The van der Waals surface area contributed by atoms with Crippen LogP contribution in [0.2, 0.25) is 0 Å². The second-order valence-corrected chi connectivity index (χ2v) is 12.6. The average molecular weight is 547 g/mol. The summed E-state index contributed by atoms with van der Waals surface area (Å²) in [5.74, 6) is 0.133. The van der Waals surface area contributed by atoms with Gasteiger partial charge in [0.25, 0.3) is 5.91 Å². The van der Waals surface area contributed by atoms with Crippen LogP contribution in [0.4, 0.5) is 4.79 Å². The molecule has 1 aromatic rings. The summed E-state index contributed by atoms with van der Waals surface area (Å²) in [5.41, 5.74) is 1.79. The Morgan fingerprint density at radius 1 is 1.24 bits per heavy atom. The van der Waals surface area contributed by atoms with E-state index in [1.54, 1.807) is 32.6 Å². The van der Waals surface area contributed by atoms with Gasteiger partial charge in [0.05, 0.1) is 6.04 Å². The molecule has 1 aliphatic carbocycles. The third kappa shape index (κ3) is 7.21. The number of nitrogens with zero attached hydrogens (tertiary/aromatic N) is 2. The fourth-order valence-corrected chi connectivity index (χ4v) is 5.99. The lowest BCUT2D eigenvalue weighted by Crippen LogP contribution is -2.54. The molecule has 0 saturated carbocycles. The first-order chi connectivity index (χ1) is 17.8. The maximum absolute atomic E-state index is 13.4. The number of hydrogen-bond acceptors (Lipinski definition) is 6. The Balaban J connectivity index is 1.49. The van der Waals surface area contributed by atoms with Gasteiger partial charge in [0.15, 0.2) is 4.87 Å². The molecule has 1 aliphatic heterocycles. The van der Waals surface area contributed by atoms with Crippen LogP contribution in [-0.4, -0.2) is 76.0 Å². The molecular weight excluding hydrogens is 504 g/mol. The van der Waals surface area contributed by atoms with Crippen LogP contribution in [-0.2, 0) is 25.5 Å². The zero-order valence-electron chi connectivity index (χ0n) is 23.5. The Morgan fingerprint density at radius 2 is 1.95 bits per heavy atom. The van der Waals surface area contributed by atoms with Crippen LogP contribution in [0.25, 0.3) is 0 Å². The molecule has 4 amide bonds. The number of amides is 4. The number of carbonyl (C=O) groups excluding carboxylic acids is 4. The van der Waals surface area contributed by atoms with Gasteiger partial charge >= 0.3 is 6.09 Å². The number of benzene rings is 1. The van der Waals surface area contributed by atoms with E-state index in [-0.39, 0.29) is 30.2 Å². The molecular formula is C28H42N4O5S. The number of nitrogens with one attached hydrogen (secondary N) is 2. The van der Waals surface area contributed by atoms with Crippen molar-refractivity contribution in [1.29, 1.82) is 0 Å². The van der Waals surface area contributed by atoms with Gasteiger partial charge in [-0.2, -0.15) is 0 Å². The Morgan fingerprint density at radius 3 is 2.66 bits per heavy atom. The smallest absolute Gasteiger partial charge is 0.410 e. The van der Waals surface area contributed by atoms with Crippen molar-refractivity contribution in [3.63, 3.8) is 0 Å². The molecule has 9 nitrogen and oxygen atoms in total. The van der Waals surface area contributed by atoms with E-state index in [4.69, 9.17) is 4.74 Å². The summed E-state index contributed by atoms with van der Waals surface area (Å²) in [4.78, 5) is 53.2. The standard InChI is InChI=1S/C28H42N4O5S/c1-19(31(6)26(36)37-27(2,3)4)24(34)29-16-10-15-23(33)32-17-18-38-28(32,5)25(35)30-22-14-9-12-20-11-7-8-13-21(20)22/h7-8,11,13,19,22H,9-10,12,14-18H2,1-6H3,(H,29,34)(H,30,35). The number of hydrogen-bond donors (Lipinski definition) is 2. The highest BCUT2D eigenvalue weighted by atomic mass is 32.2. The molecule has 3 atom stereocenters. The second kappa shape index (κ2) is 12.4. The molecule has 210 valence electrons. The highest BCUT2D eigenvalue weighted by Gasteiger charge is 2.47. The van der Waals surface area contributed by atoms with Crippen molar-refractivity contribution in [2.24, 2.45) is 0 Å². The van der Waals surface area contributed by atoms with E-state index in [1.165, 1.54) is 34.8 Å². The monoisotopic (exact) mass is 546 g/mol. The third-order valence-corrected chi connectivity index (χ3v) is 8.47. The SMILES string of the molecule is CC(C(=O)NCCCC(=O)N1CCSC1(C)C(=O)NC1CCCc2ccccc21)N(C)C(=O)OC(C)(C)C. The number of carbonyl (C=O) groups is 4. The van der Waals surface area contributed by atoms with Crippen molar-refractivity contribution in [2.45, 2.75) is 89.3 Å². The van der Waals surface area contributed by atoms with E-state index in [9.17, 15) is 19.2 Å². The lowest BCUT2D eigenvalue weighted by atomic mass is 9.87. The molecule has 3 unspecified atom stereocenters. The van der Waals surface area contributed by atoms with Gasteiger partial charge in [-0.1, -0.05) is 24.3 Å². The molecule has 1 fully saturated rings. The van der Waals surface area contributed by atoms with E-state index >= 15 is 0 Å². The molecule has 0 bridgehead atoms. The van der Waals surface area contributed by atoms with Crippen LogP contribution in [0.3, 0.4) is 0 Å². The first-order valence-electron chi connectivity index (χ1n) is 13.4. The van der Waals surface area contributed by atoms with Crippen LogP contribution < -0.4 is 10.6 Å². The zero-order valence-corrected chi connectivity index (χ0v) is 24.3.